The second kappa shape index (κ2) is 3.78. The van der Waals surface area contributed by atoms with E-state index in [2.05, 4.69) is 26.6 Å². The van der Waals surface area contributed by atoms with Crippen LogP contribution in [0.4, 0.5) is 16.0 Å². The molecule has 0 fully saturated rings. The molecule has 1 N–H and O–H groups in total. The van der Waals surface area contributed by atoms with E-state index in [0.717, 1.165) is 5.69 Å². The number of para-hydroxylation sites is 1. The maximum atomic E-state index is 12.5. The van der Waals surface area contributed by atoms with Gasteiger partial charge in [-0.1, -0.05) is 18.2 Å². The number of anilines is 2. The minimum absolute atomic E-state index is 0.142. The highest BCUT2D eigenvalue weighted by molar-refractivity contribution is 5.51. The molecule has 2 rings (SSSR count). The third kappa shape index (κ3) is 2.01. The minimum Gasteiger partial charge on any atom is -0.324 e. The second-order valence-electron chi connectivity index (χ2n) is 2.52. The van der Waals surface area contributed by atoms with Gasteiger partial charge in [0.05, 0.1) is 0 Å². The van der Waals surface area contributed by atoms with E-state index in [-0.39, 0.29) is 5.95 Å². The van der Waals surface area contributed by atoms with Crippen molar-refractivity contribution in [2.45, 2.75) is 0 Å². The highest BCUT2D eigenvalue weighted by Crippen LogP contribution is 2.10. The van der Waals surface area contributed by atoms with E-state index in [1.807, 2.05) is 30.3 Å². The van der Waals surface area contributed by atoms with Gasteiger partial charge in [-0.05, 0) is 12.1 Å². The van der Waals surface area contributed by atoms with Crippen molar-refractivity contribution in [3.8, 4) is 0 Å². The van der Waals surface area contributed by atoms with E-state index >= 15 is 0 Å². The zero-order valence-electron chi connectivity index (χ0n) is 7.11. The van der Waals surface area contributed by atoms with Crippen LogP contribution < -0.4 is 5.32 Å². The Balaban J connectivity index is 2.19. The molecule has 0 unspecified atom stereocenters. The Kier molecular flexibility index (Phi) is 2.31. The molecule has 1 heterocycles. The number of hydrogen-bond donors (Lipinski definition) is 1. The van der Waals surface area contributed by atoms with Crippen molar-refractivity contribution in [2.24, 2.45) is 0 Å². The predicted molar refractivity (Wildman–Crippen MR) is 48.3 cm³/mol. The van der Waals surface area contributed by atoms with Crippen LogP contribution in [0.2, 0.25) is 0 Å². The van der Waals surface area contributed by atoms with Crippen molar-refractivity contribution >= 4 is 11.6 Å². The molecule has 0 spiro atoms. The molecular formula is C9H6FN4. The van der Waals surface area contributed by atoms with E-state index in [0.29, 0.717) is 0 Å². The third-order valence-corrected chi connectivity index (χ3v) is 1.53. The molecule has 0 aliphatic rings. The highest BCUT2D eigenvalue weighted by atomic mass is 19.1. The largest absolute Gasteiger partial charge is 0.324 e. The summed E-state index contributed by atoms with van der Waals surface area (Å²) in [6.45, 7) is 0. The highest BCUT2D eigenvalue weighted by Gasteiger charge is 1.99. The summed E-state index contributed by atoms with van der Waals surface area (Å²) >= 11 is 0. The molecule has 0 atom stereocenters. The Labute approximate surface area is 79.9 Å². The Bertz CT molecular complexity index is 418. The van der Waals surface area contributed by atoms with Crippen molar-refractivity contribution < 1.29 is 4.39 Å². The Morgan fingerprint density at radius 2 is 1.93 bits per heavy atom. The van der Waals surface area contributed by atoms with Crippen LogP contribution in [0.1, 0.15) is 0 Å². The fourth-order valence-electron chi connectivity index (χ4n) is 0.957. The fourth-order valence-corrected chi connectivity index (χ4v) is 0.957. The summed E-state index contributed by atoms with van der Waals surface area (Å²) in [6, 6.07) is 9.22. The first-order chi connectivity index (χ1) is 6.84. The zero-order chi connectivity index (χ0) is 9.80. The SMILES string of the molecule is Fc1n[c]nc(Nc2ccccc2)n1. The molecule has 1 aromatic carbocycles. The van der Waals surface area contributed by atoms with Crippen molar-refractivity contribution in [1.29, 1.82) is 0 Å². The quantitative estimate of drug-likeness (QED) is 0.778. The van der Waals surface area contributed by atoms with Crippen LogP contribution in [0.25, 0.3) is 0 Å². The molecule has 0 saturated carbocycles. The Morgan fingerprint density at radius 3 is 2.64 bits per heavy atom. The second-order valence-corrected chi connectivity index (χ2v) is 2.52. The standard InChI is InChI=1S/C9H6FN4/c10-8-11-6-12-9(14-8)13-7-4-2-1-3-5-7/h1-5H,(H,11,12,13,14). The molecule has 0 aliphatic carbocycles. The topological polar surface area (TPSA) is 50.7 Å². The van der Waals surface area contributed by atoms with Crippen LogP contribution in [0.15, 0.2) is 30.3 Å². The van der Waals surface area contributed by atoms with E-state index in [1.54, 1.807) is 0 Å². The molecule has 69 valence electrons. The van der Waals surface area contributed by atoms with E-state index in [1.165, 1.54) is 0 Å². The number of benzene rings is 1. The predicted octanol–water partition coefficient (Wildman–Crippen LogP) is 1.55. The van der Waals surface area contributed by atoms with E-state index in [4.69, 9.17) is 0 Å². The summed E-state index contributed by atoms with van der Waals surface area (Å²) in [5.74, 6) is 0.142. The van der Waals surface area contributed by atoms with Crippen LogP contribution in [-0.4, -0.2) is 15.0 Å². The van der Waals surface area contributed by atoms with Crippen molar-refractivity contribution in [1.82, 2.24) is 15.0 Å². The molecular weight excluding hydrogens is 183 g/mol. The summed E-state index contributed by atoms with van der Waals surface area (Å²) in [4.78, 5) is 10.2. The Hall–Kier alpha value is -2.04. The summed E-state index contributed by atoms with van der Waals surface area (Å²) in [5, 5.41) is 2.81. The van der Waals surface area contributed by atoms with Crippen LogP contribution in [0.5, 0.6) is 0 Å². The summed E-state index contributed by atoms with van der Waals surface area (Å²) in [6.07, 6.45) is 1.30. The maximum Gasteiger partial charge on any atom is 0.314 e. The first-order valence-electron chi connectivity index (χ1n) is 3.94. The van der Waals surface area contributed by atoms with Gasteiger partial charge in [0.15, 0.2) is 0 Å². The van der Waals surface area contributed by atoms with Gasteiger partial charge in [-0.15, -0.1) is 0 Å². The monoisotopic (exact) mass is 189 g/mol. The van der Waals surface area contributed by atoms with Crippen LogP contribution in [0.3, 0.4) is 0 Å². The number of aromatic nitrogens is 3. The van der Waals surface area contributed by atoms with Gasteiger partial charge in [0.2, 0.25) is 12.3 Å². The van der Waals surface area contributed by atoms with Crippen molar-refractivity contribution in [2.75, 3.05) is 5.32 Å². The molecule has 5 heteroatoms. The van der Waals surface area contributed by atoms with Crippen LogP contribution in [0, 0.1) is 12.4 Å². The van der Waals surface area contributed by atoms with Gasteiger partial charge in [-0.3, -0.25) is 0 Å². The average molecular weight is 189 g/mol. The molecule has 2 aromatic rings. The lowest BCUT2D eigenvalue weighted by Crippen LogP contribution is -2.00. The third-order valence-electron chi connectivity index (χ3n) is 1.53. The number of nitrogens with one attached hydrogen (secondary N) is 1. The van der Waals surface area contributed by atoms with Gasteiger partial charge in [0.1, 0.15) is 0 Å². The lowest BCUT2D eigenvalue weighted by molar-refractivity contribution is 0.533. The molecule has 1 aromatic heterocycles. The van der Waals surface area contributed by atoms with Crippen LogP contribution >= 0.6 is 0 Å². The lowest BCUT2D eigenvalue weighted by atomic mass is 10.3. The summed E-state index contributed by atoms with van der Waals surface area (Å²) in [7, 11) is 0. The molecule has 1 radical (unpaired) electrons. The van der Waals surface area contributed by atoms with Gasteiger partial charge in [0.25, 0.3) is 0 Å². The van der Waals surface area contributed by atoms with Crippen LogP contribution in [-0.2, 0) is 0 Å². The first-order valence-corrected chi connectivity index (χ1v) is 3.94. The normalized spacial score (nSPS) is 9.79. The molecule has 0 amide bonds. The molecule has 14 heavy (non-hydrogen) atoms. The van der Waals surface area contributed by atoms with Crippen molar-refractivity contribution in [3.05, 3.63) is 42.7 Å². The number of nitrogens with zero attached hydrogens (tertiary/aromatic N) is 3. The fraction of sp³-hybridized carbons (Fsp3) is 0. The van der Waals surface area contributed by atoms with Gasteiger partial charge in [-0.25, -0.2) is 0 Å². The molecule has 0 bridgehead atoms. The maximum absolute atomic E-state index is 12.5. The van der Waals surface area contributed by atoms with Gasteiger partial charge >= 0.3 is 6.08 Å². The van der Waals surface area contributed by atoms with Crippen molar-refractivity contribution in [3.63, 3.8) is 0 Å². The van der Waals surface area contributed by atoms with E-state index < -0.39 is 6.08 Å². The number of halogens is 1. The minimum atomic E-state index is -0.849. The first kappa shape index (κ1) is 8.55. The molecule has 0 saturated heterocycles. The lowest BCUT2D eigenvalue weighted by Gasteiger charge is -2.01. The summed E-state index contributed by atoms with van der Waals surface area (Å²) < 4.78 is 12.5. The smallest absolute Gasteiger partial charge is 0.314 e. The zero-order valence-corrected chi connectivity index (χ0v) is 7.11. The van der Waals surface area contributed by atoms with Gasteiger partial charge in [0, 0.05) is 5.69 Å². The number of rotatable bonds is 2. The van der Waals surface area contributed by atoms with Gasteiger partial charge in [-0.2, -0.15) is 19.3 Å². The molecule has 0 aliphatic heterocycles. The Morgan fingerprint density at radius 1 is 1.14 bits per heavy atom. The summed E-state index contributed by atoms with van der Waals surface area (Å²) in [5.41, 5.74) is 0.784. The number of hydrogen-bond acceptors (Lipinski definition) is 4. The molecule has 4 nitrogen and oxygen atoms in total. The van der Waals surface area contributed by atoms with Gasteiger partial charge < -0.3 is 5.32 Å². The average Bonchev–Trinajstić information content (AvgIpc) is 2.19. The van der Waals surface area contributed by atoms with E-state index in [9.17, 15) is 4.39 Å².